The molecule has 0 unspecified atom stereocenters. The second-order valence-corrected chi connectivity index (χ2v) is 7.84. The molecule has 0 spiro atoms. The second kappa shape index (κ2) is 8.63. The average molecular weight is 426 g/mol. The Morgan fingerprint density at radius 2 is 1.75 bits per heavy atom. The van der Waals surface area contributed by atoms with Gasteiger partial charge in [0.05, 0.1) is 6.20 Å². The number of para-hydroxylation sites is 1. The molecule has 1 amide bonds. The summed E-state index contributed by atoms with van der Waals surface area (Å²) in [4.78, 5) is 32.2. The predicted octanol–water partition coefficient (Wildman–Crippen LogP) is 4.26. The second-order valence-electron chi connectivity index (χ2n) is 7.84. The SMILES string of the molecule is O=C(c1ccc(Oc2ccccc2)cc1)[C@@H]1CCCN(C(=O)c2cnn3cccnc23)C1. The number of Topliss-reactive ketones (excluding diaryl/α,β-unsaturated/α-hetero) is 1. The third-order valence-electron chi connectivity index (χ3n) is 5.71. The van der Waals surface area contributed by atoms with Gasteiger partial charge in [0, 0.05) is 37.0 Å². The van der Waals surface area contributed by atoms with E-state index >= 15 is 0 Å². The fourth-order valence-corrected chi connectivity index (χ4v) is 4.07. The predicted molar refractivity (Wildman–Crippen MR) is 119 cm³/mol. The maximum atomic E-state index is 13.1. The first-order valence-electron chi connectivity index (χ1n) is 10.6. The smallest absolute Gasteiger partial charge is 0.259 e. The highest BCUT2D eigenvalue weighted by atomic mass is 16.5. The lowest BCUT2D eigenvalue weighted by molar-refractivity contribution is 0.0638. The van der Waals surface area contributed by atoms with Gasteiger partial charge in [0.2, 0.25) is 0 Å². The van der Waals surface area contributed by atoms with E-state index in [1.54, 1.807) is 58.3 Å². The number of rotatable bonds is 5. The van der Waals surface area contributed by atoms with Gasteiger partial charge in [0.15, 0.2) is 11.4 Å². The van der Waals surface area contributed by atoms with E-state index in [0.717, 1.165) is 18.6 Å². The van der Waals surface area contributed by atoms with E-state index in [1.165, 1.54) is 0 Å². The summed E-state index contributed by atoms with van der Waals surface area (Å²) in [5, 5.41) is 4.20. The summed E-state index contributed by atoms with van der Waals surface area (Å²) < 4.78 is 7.39. The van der Waals surface area contributed by atoms with Crippen LogP contribution in [0.4, 0.5) is 0 Å². The van der Waals surface area contributed by atoms with Crippen LogP contribution in [-0.4, -0.2) is 44.3 Å². The Morgan fingerprint density at radius 1 is 0.969 bits per heavy atom. The molecule has 5 rings (SSSR count). The van der Waals surface area contributed by atoms with Crippen molar-refractivity contribution in [3.8, 4) is 11.5 Å². The van der Waals surface area contributed by atoms with Gasteiger partial charge < -0.3 is 9.64 Å². The summed E-state index contributed by atoms with van der Waals surface area (Å²) >= 11 is 0. The van der Waals surface area contributed by atoms with Crippen LogP contribution in [0.1, 0.15) is 33.6 Å². The molecule has 0 N–H and O–H groups in total. The van der Waals surface area contributed by atoms with Crippen molar-refractivity contribution < 1.29 is 14.3 Å². The molecule has 1 aliphatic rings. The minimum atomic E-state index is -0.233. The Hall–Kier alpha value is -4.00. The Morgan fingerprint density at radius 3 is 2.56 bits per heavy atom. The van der Waals surface area contributed by atoms with Crippen molar-refractivity contribution in [3.05, 3.63) is 90.4 Å². The topological polar surface area (TPSA) is 76.8 Å². The fraction of sp³-hybridized carbons (Fsp3) is 0.200. The highest BCUT2D eigenvalue weighted by molar-refractivity contribution is 6.01. The van der Waals surface area contributed by atoms with Crippen LogP contribution in [0, 0.1) is 5.92 Å². The van der Waals surface area contributed by atoms with Crippen LogP contribution in [0.25, 0.3) is 5.65 Å². The van der Waals surface area contributed by atoms with Crippen LogP contribution in [0.15, 0.2) is 79.3 Å². The zero-order chi connectivity index (χ0) is 21.9. The van der Waals surface area contributed by atoms with E-state index in [1.807, 2.05) is 30.3 Å². The van der Waals surface area contributed by atoms with Gasteiger partial charge in [-0.1, -0.05) is 18.2 Å². The number of piperidine rings is 1. The quantitative estimate of drug-likeness (QED) is 0.446. The largest absolute Gasteiger partial charge is 0.457 e. The monoisotopic (exact) mass is 426 g/mol. The van der Waals surface area contributed by atoms with Gasteiger partial charge in [0.25, 0.3) is 5.91 Å². The molecule has 2 aromatic heterocycles. The molecule has 3 heterocycles. The summed E-state index contributed by atoms with van der Waals surface area (Å²) in [6, 6.07) is 18.5. The van der Waals surface area contributed by atoms with E-state index in [0.29, 0.717) is 35.6 Å². The summed E-state index contributed by atoms with van der Waals surface area (Å²) in [5.74, 6) is 1.10. The zero-order valence-corrected chi connectivity index (χ0v) is 17.4. The molecule has 32 heavy (non-hydrogen) atoms. The lowest BCUT2D eigenvalue weighted by atomic mass is 9.89. The standard InChI is InChI=1S/C25H22N4O3/c30-23(18-9-11-21(12-10-18)32-20-7-2-1-3-8-20)19-6-4-14-28(17-19)25(31)22-16-27-29-15-5-13-26-24(22)29/h1-3,5,7-13,15-16,19H,4,6,14,17H2/t19-/m1/s1. The van der Waals surface area contributed by atoms with E-state index in [9.17, 15) is 9.59 Å². The van der Waals surface area contributed by atoms with Crippen molar-refractivity contribution in [2.24, 2.45) is 5.92 Å². The Kier molecular flexibility index (Phi) is 5.37. The van der Waals surface area contributed by atoms with Gasteiger partial charge in [-0.05, 0) is 55.3 Å². The van der Waals surface area contributed by atoms with Gasteiger partial charge in [-0.2, -0.15) is 5.10 Å². The lowest BCUT2D eigenvalue weighted by Gasteiger charge is -2.31. The van der Waals surface area contributed by atoms with Crippen LogP contribution < -0.4 is 4.74 Å². The summed E-state index contributed by atoms with van der Waals surface area (Å²) in [5.41, 5.74) is 1.61. The molecule has 4 aromatic rings. The first kappa shape index (κ1) is 19.9. The van der Waals surface area contributed by atoms with E-state index in [2.05, 4.69) is 10.1 Å². The average Bonchev–Trinajstić information content (AvgIpc) is 3.28. The molecule has 0 aliphatic carbocycles. The normalized spacial score (nSPS) is 16.1. The number of amides is 1. The van der Waals surface area contributed by atoms with Gasteiger partial charge in [-0.3, -0.25) is 9.59 Å². The number of ether oxygens (including phenoxy) is 1. The minimum Gasteiger partial charge on any atom is -0.457 e. The highest BCUT2D eigenvalue weighted by Crippen LogP contribution is 2.26. The summed E-state index contributed by atoms with van der Waals surface area (Å²) in [6.45, 7) is 1.01. The number of benzene rings is 2. The van der Waals surface area contributed by atoms with Crippen molar-refractivity contribution >= 4 is 17.3 Å². The molecule has 7 heteroatoms. The zero-order valence-electron chi connectivity index (χ0n) is 17.4. The number of carbonyl (C=O) groups is 2. The Labute approximate surface area is 185 Å². The van der Waals surface area contributed by atoms with Crippen molar-refractivity contribution in [1.29, 1.82) is 0 Å². The molecule has 2 aromatic carbocycles. The molecule has 1 saturated heterocycles. The van der Waals surface area contributed by atoms with Crippen LogP contribution >= 0.6 is 0 Å². The molecule has 0 radical (unpaired) electrons. The van der Waals surface area contributed by atoms with Crippen LogP contribution in [-0.2, 0) is 0 Å². The van der Waals surface area contributed by atoms with Gasteiger partial charge in [-0.25, -0.2) is 9.50 Å². The van der Waals surface area contributed by atoms with Crippen LogP contribution in [0.3, 0.4) is 0 Å². The van der Waals surface area contributed by atoms with Gasteiger partial charge in [0.1, 0.15) is 17.1 Å². The lowest BCUT2D eigenvalue weighted by Crippen LogP contribution is -2.42. The molecule has 7 nitrogen and oxygen atoms in total. The number of fused-ring (bicyclic) bond motifs is 1. The van der Waals surface area contributed by atoms with E-state index in [4.69, 9.17) is 4.74 Å². The highest BCUT2D eigenvalue weighted by Gasteiger charge is 2.30. The molecule has 1 aliphatic heterocycles. The number of likely N-dealkylation sites (tertiary alicyclic amines) is 1. The molecule has 0 saturated carbocycles. The van der Waals surface area contributed by atoms with Crippen molar-refractivity contribution in [1.82, 2.24) is 19.5 Å². The molecular formula is C25H22N4O3. The molecule has 160 valence electrons. The van der Waals surface area contributed by atoms with E-state index < -0.39 is 0 Å². The molecule has 0 bridgehead atoms. The van der Waals surface area contributed by atoms with Crippen molar-refractivity contribution in [3.63, 3.8) is 0 Å². The number of nitrogens with zero attached hydrogens (tertiary/aromatic N) is 4. The number of hydrogen-bond donors (Lipinski definition) is 0. The molecule has 1 fully saturated rings. The fourth-order valence-electron chi connectivity index (χ4n) is 4.07. The van der Waals surface area contributed by atoms with Gasteiger partial charge in [-0.15, -0.1) is 0 Å². The van der Waals surface area contributed by atoms with Crippen LogP contribution in [0.5, 0.6) is 11.5 Å². The third-order valence-corrected chi connectivity index (χ3v) is 5.71. The Balaban J connectivity index is 1.27. The van der Waals surface area contributed by atoms with Crippen LogP contribution in [0.2, 0.25) is 0 Å². The maximum absolute atomic E-state index is 13.1. The number of aromatic nitrogens is 3. The Bertz CT molecular complexity index is 1250. The summed E-state index contributed by atoms with van der Waals surface area (Å²) in [7, 11) is 0. The minimum absolute atomic E-state index is 0.0479. The summed E-state index contributed by atoms with van der Waals surface area (Å²) in [6.07, 6.45) is 6.48. The first-order valence-corrected chi connectivity index (χ1v) is 10.6. The number of hydrogen-bond acceptors (Lipinski definition) is 5. The molecular weight excluding hydrogens is 404 g/mol. The maximum Gasteiger partial charge on any atom is 0.259 e. The first-order chi connectivity index (χ1) is 15.7. The molecule has 1 atom stereocenters. The number of ketones is 1. The van der Waals surface area contributed by atoms with Gasteiger partial charge >= 0.3 is 0 Å². The van der Waals surface area contributed by atoms with Crippen molar-refractivity contribution in [2.75, 3.05) is 13.1 Å². The van der Waals surface area contributed by atoms with E-state index in [-0.39, 0.29) is 17.6 Å². The number of carbonyl (C=O) groups excluding carboxylic acids is 2. The third kappa shape index (κ3) is 3.97. The van der Waals surface area contributed by atoms with Crippen molar-refractivity contribution in [2.45, 2.75) is 12.8 Å².